The lowest BCUT2D eigenvalue weighted by atomic mass is 10.1. The molecule has 0 spiro atoms. The van der Waals surface area contributed by atoms with Crippen LogP contribution in [0.2, 0.25) is 5.02 Å². The minimum absolute atomic E-state index is 0.177. The van der Waals surface area contributed by atoms with Crippen molar-refractivity contribution in [3.63, 3.8) is 0 Å². The van der Waals surface area contributed by atoms with Crippen LogP contribution in [0, 0.1) is 0 Å². The predicted molar refractivity (Wildman–Crippen MR) is 75.5 cm³/mol. The Morgan fingerprint density at radius 2 is 1.76 bits per heavy atom. The van der Waals surface area contributed by atoms with E-state index >= 15 is 0 Å². The van der Waals surface area contributed by atoms with E-state index in [0.717, 1.165) is 18.1 Å². The first-order valence-corrected chi connectivity index (χ1v) is 6.47. The van der Waals surface area contributed by atoms with Gasteiger partial charge in [0, 0.05) is 29.7 Å². The first-order chi connectivity index (χ1) is 7.87. The minimum Gasteiger partial charge on any atom is -0.311 e. The fraction of sp³-hybridized carbons (Fsp3) is 0.571. The van der Waals surface area contributed by atoms with E-state index in [-0.39, 0.29) is 5.54 Å². The van der Waals surface area contributed by atoms with Crippen LogP contribution in [0.5, 0.6) is 0 Å². The highest BCUT2D eigenvalue weighted by Gasteiger charge is 2.10. The van der Waals surface area contributed by atoms with E-state index in [4.69, 9.17) is 11.6 Å². The van der Waals surface area contributed by atoms with Gasteiger partial charge in [-0.2, -0.15) is 0 Å². The summed E-state index contributed by atoms with van der Waals surface area (Å²) < 4.78 is 0. The first-order valence-electron chi connectivity index (χ1n) is 6.10. The zero-order valence-electron chi connectivity index (χ0n) is 11.2. The SMILES string of the molecule is CC(CNC(C)(C)C)NCc1ccc(Cl)cc1. The molecule has 1 aromatic carbocycles. The summed E-state index contributed by atoms with van der Waals surface area (Å²) in [5, 5.41) is 7.76. The van der Waals surface area contributed by atoms with Crippen molar-refractivity contribution in [2.45, 2.75) is 45.8 Å². The van der Waals surface area contributed by atoms with Crippen LogP contribution in [-0.4, -0.2) is 18.1 Å². The second-order valence-electron chi connectivity index (χ2n) is 5.54. The Labute approximate surface area is 110 Å². The molecule has 0 radical (unpaired) electrons. The third kappa shape index (κ3) is 6.67. The van der Waals surface area contributed by atoms with Crippen LogP contribution in [0.4, 0.5) is 0 Å². The summed E-state index contributed by atoms with van der Waals surface area (Å²) in [4.78, 5) is 0. The Morgan fingerprint density at radius 1 is 1.18 bits per heavy atom. The molecule has 0 heterocycles. The highest BCUT2D eigenvalue weighted by atomic mass is 35.5. The van der Waals surface area contributed by atoms with Gasteiger partial charge >= 0.3 is 0 Å². The summed E-state index contributed by atoms with van der Waals surface area (Å²) in [5.74, 6) is 0. The number of hydrogen-bond donors (Lipinski definition) is 2. The van der Waals surface area contributed by atoms with Gasteiger partial charge in [0.2, 0.25) is 0 Å². The van der Waals surface area contributed by atoms with E-state index in [0.29, 0.717) is 6.04 Å². The van der Waals surface area contributed by atoms with Gasteiger partial charge in [0.25, 0.3) is 0 Å². The van der Waals surface area contributed by atoms with Gasteiger partial charge in [-0.25, -0.2) is 0 Å². The van der Waals surface area contributed by atoms with Crippen molar-refractivity contribution in [2.24, 2.45) is 0 Å². The molecule has 1 unspecified atom stereocenters. The Kier molecular flexibility index (Phi) is 5.44. The van der Waals surface area contributed by atoms with Crippen LogP contribution in [-0.2, 0) is 6.54 Å². The predicted octanol–water partition coefficient (Wildman–Crippen LogP) is 3.21. The zero-order chi connectivity index (χ0) is 12.9. The number of halogens is 1. The van der Waals surface area contributed by atoms with Crippen LogP contribution in [0.25, 0.3) is 0 Å². The van der Waals surface area contributed by atoms with Crippen molar-refractivity contribution < 1.29 is 0 Å². The summed E-state index contributed by atoms with van der Waals surface area (Å²) in [6.07, 6.45) is 0. The third-order valence-corrected chi connectivity index (χ3v) is 2.76. The summed E-state index contributed by atoms with van der Waals surface area (Å²) >= 11 is 5.84. The van der Waals surface area contributed by atoms with Crippen LogP contribution in [0.3, 0.4) is 0 Å². The Bertz CT molecular complexity index is 327. The van der Waals surface area contributed by atoms with Crippen LogP contribution in [0.15, 0.2) is 24.3 Å². The summed E-state index contributed by atoms with van der Waals surface area (Å²) in [6, 6.07) is 8.41. The van der Waals surface area contributed by atoms with Gasteiger partial charge in [0.05, 0.1) is 0 Å². The van der Waals surface area contributed by atoms with Crippen LogP contribution >= 0.6 is 11.6 Å². The second-order valence-corrected chi connectivity index (χ2v) is 5.98. The molecule has 0 aliphatic heterocycles. The molecule has 0 saturated carbocycles. The normalized spacial score (nSPS) is 13.7. The summed E-state index contributed by atoms with van der Waals surface area (Å²) in [7, 11) is 0. The molecule has 0 aromatic heterocycles. The third-order valence-electron chi connectivity index (χ3n) is 2.51. The van der Waals surface area contributed by atoms with Crippen molar-refractivity contribution >= 4 is 11.6 Å². The van der Waals surface area contributed by atoms with Crippen molar-refractivity contribution in [1.82, 2.24) is 10.6 Å². The lowest BCUT2D eigenvalue weighted by Crippen LogP contribution is -2.44. The van der Waals surface area contributed by atoms with E-state index in [9.17, 15) is 0 Å². The molecule has 96 valence electrons. The molecule has 2 nitrogen and oxygen atoms in total. The Hall–Kier alpha value is -0.570. The van der Waals surface area contributed by atoms with E-state index in [1.807, 2.05) is 12.1 Å². The standard InChI is InChI=1S/C14H23ClN2/c1-11(9-17-14(2,3)4)16-10-12-5-7-13(15)8-6-12/h5-8,11,16-17H,9-10H2,1-4H3. The number of hydrogen-bond acceptors (Lipinski definition) is 2. The second kappa shape index (κ2) is 6.39. The molecule has 1 aromatic rings. The fourth-order valence-electron chi connectivity index (χ4n) is 1.43. The molecule has 0 amide bonds. The average molecular weight is 255 g/mol. The van der Waals surface area contributed by atoms with Gasteiger partial charge in [-0.15, -0.1) is 0 Å². The van der Waals surface area contributed by atoms with Crippen molar-refractivity contribution in [3.05, 3.63) is 34.9 Å². The maximum atomic E-state index is 5.84. The highest BCUT2D eigenvalue weighted by Crippen LogP contribution is 2.09. The van der Waals surface area contributed by atoms with E-state index in [2.05, 4.69) is 50.5 Å². The van der Waals surface area contributed by atoms with Gasteiger partial charge in [-0.1, -0.05) is 23.7 Å². The highest BCUT2D eigenvalue weighted by molar-refractivity contribution is 6.30. The van der Waals surface area contributed by atoms with E-state index in [1.54, 1.807) is 0 Å². The van der Waals surface area contributed by atoms with Gasteiger partial charge < -0.3 is 10.6 Å². The molecule has 3 heteroatoms. The van der Waals surface area contributed by atoms with Crippen LogP contribution in [0.1, 0.15) is 33.3 Å². The lowest BCUT2D eigenvalue weighted by molar-refractivity contribution is 0.387. The quantitative estimate of drug-likeness (QED) is 0.843. The maximum Gasteiger partial charge on any atom is 0.0406 e. The lowest BCUT2D eigenvalue weighted by Gasteiger charge is -2.24. The number of rotatable bonds is 5. The van der Waals surface area contributed by atoms with Crippen molar-refractivity contribution in [1.29, 1.82) is 0 Å². The van der Waals surface area contributed by atoms with Crippen LogP contribution < -0.4 is 10.6 Å². The molecule has 17 heavy (non-hydrogen) atoms. The van der Waals surface area contributed by atoms with E-state index < -0.39 is 0 Å². The molecule has 2 N–H and O–H groups in total. The molecule has 0 bridgehead atoms. The van der Waals surface area contributed by atoms with E-state index in [1.165, 1.54) is 5.56 Å². The molecule has 0 aliphatic carbocycles. The summed E-state index contributed by atoms with van der Waals surface area (Å²) in [5.41, 5.74) is 1.44. The number of benzene rings is 1. The summed E-state index contributed by atoms with van der Waals surface area (Å²) in [6.45, 7) is 10.6. The van der Waals surface area contributed by atoms with Gasteiger partial charge in [-0.05, 0) is 45.4 Å². The zero-order valence-corrected chi connectivity index (χ0v) is 11.9. The molecule has 0 saturated heterocycles. The molecule has 1 rings (SSSR count). The Morgan fingerprint density at radius 3 is 2.29 bits per heavy atom. The molecule has 0 aliphatic rings. The molecule has 1 atom stereocenters. The van der Waals surface area contributed by atoms with Gasteiger partial charge in [0.1, 0.15) is 0 Å². The fourth-order valence-corrected chi connectivity index (χ4v) is 1.55. The first kappa shape index (κ1) is 14.5. The average Bonchev–Trinajstić information content (AvgIpc) is 2.25. The molecule has 0 fully saturated rings. The largest absolute Gasteiger partial charge is 0.311 e. The number of nitrogens with one attached hydrogen (secondary N) is 2. The smallest absolute Gasteiger partial charge is 0.0406 e. The van der Waals surface area contributed by atoms with Gasteiger partial charge in [-0.3, -0.25) is 0 Å². The molecular formula is C14H23ClN2. The van der Waals surface area contributed by atoms with Crippen molar-refractivity contribution in [2.75, 3.05) is 6.54 Å². The molecular weight excluding hydrogens is 232 g/mol. The topological polar surface area (TPSA) is 24.1 Å². The van der Waals surface area contributed by atoms with Gasteiger partial charge in [0.15, 0.2) is 0 Å². The Balaban J connectivity index is 2.28. The monoisotopic (exact) mass is 254 g/mol. The van der Waals surface area contributed by atoms with Crippen molar-refractivity contribution in [3.8, 4) is 0 Å². The minimum atomic E-state index is 0.177. The maximum absolute atomic E-state index is 5.84.